The normalized spacial score (nSPS) is 13.1. The van der Waals surface area contributed by atoms with Crippen molar-refractivity contribution in [2.45, 2.75) is 31.5 Å². The number of aromatic nitrogens is 1. The Morgan fingerprint density at radius 1 is 1.05 bits per heavy atom. The third-order valence-corrected chi connectivity index (χ3v) is 6.73. The van der Waals surface area contributed by atoms with Gasteiger partial charge >= 0.3 is 12.1 Å². The molecule has 0 radical (unpaired) electrons. The van der Waals surface area contributed by atoms with Crippen LogP contribution in [0.4, 0.5) is 13.2 Å². The fourth-order valence-electron chi connectivity index (χ4n) is 4.03. The summed E-state index contributed by atoms with van der Waals surface area (Å²) in [5.41, 5.74) is 0.417. The standard InChI is InChI=1S/C29H18Cl2F3NO4/c30-23-5-2-6-24(31)25(23)26-21(27(39-35-26)18-9-10-18)15-38-20-12-11-17(22(14-20)29(32,33)34)8-7-16-3-1-4-19(13-16)28(36)37/h1-6,11-14,18H,9-10,15H2,(H,36,37). The number of nitrogens with zero attached hydrogens (tertiary/aromatic N) is 1. The highest BCUT2D eigenvalue weighted by Crippen LogP contribution is 2.46. The molecule has 198 valence electrons. The summed E-state index contributed by atoms with van der Waals surface area (Å²) in [6.07, 6.45) is -2.91. The second kappa shape index (κ2) is 10.7. The third-order valence-electron chi connectivity index (χ3n) is 6.10. The number of benzene rings is 3. The Hall–Kier alpha value is -3.93. The molecule has 5 nitrogen and oxygen atoms in total. The van der Waals surface area contributed by atoms with Gasteiger partial charge in [-0.05, 0) is 61.4 Å². The molecule has 0 bridgehead atoms. The Balaban J connectivity index is 1.45. The van der Waals surface area contributed by atoms with Crippen LogP contribution in [0.25, 0.3) is 11.3 Å². The summed E-state index contributed by atoms with van der Waals surface area (Å²) < 4.78 is 53.2. The van der Waals surface area contributed by atoms with E-state index in [0.717, 1.165) is 18.9 Å². The summed E-state index contributed by atoms with van der Waals surface area (Å²) in [4.78, 5) is 11.2. The minimum absolute atomic E-state index is 0.0154. The number of alkyl halides is 3. The first-order chi connectivity index (χ1) is 18.6. The lowest BCUT2D eigenvalue weighted by Crippen LogP contribution is -2.09. The Labute approximate surface area is 231 Å². The van der Waals surface area contributed by atoms with E-state index in [-0.39, 0.29) is 35.0 Å². The van der Waals surface area contributed by atoms with E-state index in [1.807, 2.05) is 0 Å². The van der Waals surface area contributed by atoms with Gasteiger partial charge in [-0.3, -0.25) is 0 Å². The number of aromatic carboxylic acids is 1. The zero-order chi connectivity index (χ0) is 27.7. The molecule has 1 aliphatic rings. The number of carboxylic acids is 1. The second-order valence-electron chi connectivity index (χ2n) is 8.87. The van der Waals surface area contributed by atoms with Crippen LogP contribution < -0.4 is 4.74 Å². The molecule has 1 heterocycles. The van der Waals surface area contributed by atoms with Crippen LogP contribution in [0.5, 0.6) is 5.75 Å². The zero-order valence-electron chi connectivity index (χ0n) is 20.0. The quantitative estimate of drug-likeness (QED) is 0.236. The maximum atomic E-state index is 13.9. The summed E-state index contributed by atoms with van der Waals surface area (Å²) >= 11 is 12.7. The summed E-state index contributed by atoms with van der Waals surface area (Å²) in [5, 5.41) is 14.0. The van der Waals surface area contributed by atoms with Gasteiger partial charge in [0.2, 0.25) is 0 Å². The van der Waals surface area contributed by atoms with E-state index in [9.17, 15) is 18.0 Å². The number of carbonyl (C=O) groups is 1. The Morgan fingerprint density at radius 2 is 1.77 bits per heavy atom. The molecule has 10 heteroatoms. The summed E-state index contributed by atoms with van der Waals surface area (Å²) in [6, 6.07) is 14.1. The molecule has 1 saturated carbocycles. The van der Waals surface area contributed by atoms with Crippen LogP contribution in [0.2, 0.25) is 10.0 Å². The molecule has 0 spiro atoms. The van der Waals surface area contributed by atoms with Gasteiger partial charge in [0, 0.05) is 22.6 Å². The van der Waals surface area contributed by atoms with Crippen molar-refractivity contribution in [1.29, 1.82) is 0 Å². The van der Waals surface area contributed by atoms with Gasteiger partial charge in [-0.25, -0.2) is 4.79 Å². The molecule has 3 aromatic carbocycles. The van der Waals surface area contributed by atoms with E-state index in [0.29, 0.717) is 32.6 Å². The molecule has 5 rings (SSSR count). The molecule has 0 atom stereocenters. The molecule has 1 fully saturated rings. The van der Waals surface area contributed by atoms with Crippen molar-refractivity contribution in [1.82, 2.24) is 5.16 Å². The van der Waals surface area contributed by atoms with Gasteiger partial charge < -0.3 is 14.4 Å². The predicted octanol–water partition coefficient (Wildman–Crippen LogP) is 8.22. The van der Waals surface area contributed by atoms with Gasteiger partial charge in [0.1, 0.15) is 23.8 Å². The summed E-state index contributed by atoms with van der Waals surface area (Å²) in [5.74, 6) is 4.67. The van der Waals surface area contributed by atoms with E-state index >= 15 is 0 Å². The highest BCUT2D eigenvalue weighted by Gasteiger charge is 2.35. The average molecular weight is 572 g/mol. The first kappa shape index (κ1) is 26.7. The van der Waals surface area contributed by atoms with Crippen molar-refractivity contribution in [2.75, 3.05) is 0 Å². The Bertz CT molecular complexity index is 1610. The smallest absolute Gasteiger partial charge is 0.417 e. The third kappa shape index (κ3) is 5.90. The molecule has 39 heavy (non-hydrogen) atoms. The fraction of sp³-hybridized carbons (Fsp3) is 0.172. The van der Waals surface area contributed by atoms with Crippen LogP contribution in [-0.2, 0) is 12.8 Å². The molecule has 0 amide bonds. The zero-order valence-corrected chi connectivity index (χ0v) is 21.5. The first-order valence-electron chi connectivity index (χ1n) is 11.7. The number of hydrogen-bond acceptors (Lipinski definition) is 4. The van der Waals surface area contributed by atoms with Crippen LogP contribution in [0.3, 0.4) is 0 Å². The van der Waals surface area contributed by atoms with Crippen molar-refractivity contribution in [3.8, 4) is 28.8 Å². The van der Waals surface area contributed by atoms with Crippen LogP contribution in [0, 0.1) is 11.8 Å². The SMILES string of the molecule is O=C(O)c1cccc(C#Cc2ccc(OCc3c(-c4c(Cl)cccc4Cl)noc3C3CC3)cc2C(F)(F)F)c1. The van der Waals surface area contributed by atoms with Crippen molar-refractivity contribution in [2.24, 2.45) is 0 Å². The van der Waals surface area contributed by atoms with E-state index in [4.69, 9.17) is 37.6 Å². The highest BCUT2D eigenvalue weighted by molar-refractivity contribution is 6.39. The minimum Gasteiger partial charge on any atom is -0.489 e. The van der Waals surface area contributed by atoms with Crippen LogP contribution in [0.1, 0.15) is 57.1 Å². The molecule has 1 aromatic heterocycles. The molecular weight excluding hydrogens is 554 g/mol. The first-order valence-corrected chi connectivity index (χ1v) is 12.5. The van der Waals surface area contributed by atoms with E-state index in [1.54, 1.807) is 18.2 Å². The number of rotatable bonds is 6. The maximum absolute atomic E-state index is 13.9. The number of ether oxygens (including phenoxy) is 1. The second-order valence-corrected chi connectivity index (χ2v) is 9.69. The van der Waals surface area contributed by atoms with Gasteiger partial charge in [0.15, 0.2) is 0 Å². The molecule has 0 saturated heterocycles. The minimum atomic E-state index is -4.71. The van der Waals surface area contributed by atoms with E-state index < -0.39 is 17.7 Å². The van der Waals surface area contributed by atoms with Gasteiger partial charge in [-0.15, -0.1) is 0 Å². The Kier molecular flexibility index (Phi) is 7.30. The molecule has 0 unspecified atom stereocenters. The van der Waals surface area contributed by atoms with Gasteiger partial charge in [-0.2, -0.15) is 13.2 Å². The fourth-order valence-corrected chi connectivity index (χ4v) is 4.61. The summed E-state index contributed by atoms with van der Waals surface area (Å²) in [7, 11) is 0. The lowest BCUT2D eigenvalue weighted by molar-refractivity contribution is -0.137. The largest absolute Gasteiger partial charge is 0.489 e. The van der Waals surface area contributed by atoms with Gasteiger partial charge in [0.25, 0.3) is 0 Å². The highest BCUT2D eigenvalue weighted by atomic mass is 35.5. The number of hydrogen-bond donors (Lipinski definition) is 1. The van der Waals surface area contributed by atoms with Crippen molar-refractivity contribution < 1.29 is 32.3 Å². The van der Waals surface area contributed by atoms with Gasteiger partial charge in [-0.1, -0.05) is 52.3 Å². The predicted molar refractivity (Wildman–Crippen MR) is 139 cm³/mol. The summed E-state index contributed by atoms with van der Waals surface area (Å²) in [6.45, 7) is -0.115. The molecule has 1 aliphatic carbocycles. The average Bonchev–Trinajstić information content (AvgIpc) is 3.66. The number of halogens is 5. The van der Waals surface area contributed by atoms with Crippen molar-refractivity contribution >= 4 is 29.2 Å². The molecule has 4 aromatic rings. The van der Waals surface area contributed by atoms with Crippen LogP contribution >= 0.6 is 23.2 Å². The monoisotopic (exact) mass is 571 g/mol. The molecule has 1 N–H and O–H groups in total. The van der Waals surface area contributed by atoms with Crippen molar-refractivity contribution in [3.05, 3.63) is 104 Å². The van der Waals surface area contributed by atoms with Gasteiger partial charge in [0.05, 0.1) is 26.7 Å². The molecular formula is C29H18Cl2F3NO4. The van der Waals surface area contributed by atoms with Crippen LogP contribution in [-0.4, -0.2) is 16.2 Å². The van der Waals surface area contributed by atoms with Crippen molar-refractivity contribution in [3.63, 3.8) is 0 Å². The number of carboxylic acid groups (broad SMARTS) is 1. The Morgan fingerprint density at radius 3 is 2.44 bits per heavy atom. The van der Waals surface area contributed by atoms with Crippen LogP contribution in [0.15, 0.2) is 65.2 Å². The lowest BCUT2D eigenvalue weighted by Gasteiger charge is -2.13. The molecule has 0 aliphatic heterocycles. The van der Waals surface area contributed by atoms with E-state index in [1.165, 1.54) is 36.4 Å². The lowest BCUT2D eigenvalue weighted by atomic mass is 10.0. The maximum Gasteiger partial charge on any atom is 0.417 e. The topological polar surface area (TPSA) is 72.6 Å². The van der Waals surface area contributed by atoms with E-state index in [2.05, 4.69) is 17.0 Å².